The summed E-state index contributed by atoms with van der Waals surface area (Å²) in [5, 5.41) is 13.5. The molecule has 1 fully saturated rings. The fourth-order valence-electron chi connectivity index (χ4n) is 2.92. The third kappa shape index (κ3) is 3.78. The normalized spacial score (nSPS) is 15.4. The molecule has 0 bridgehead atoms. The predicted octanol–water partition coefficient (Wildman–Crippen LogP) is 0.801. The molecule has 0 saturated carbocycles. The van der Waals surface area contributed by atoms with Gasteiger partial charge in [0.15, 0.2) is 0 Å². The third-order valence-corrected chi connectivity index (χ3v) is 6.48. The quantitative estimate of drug-likeness (QED) is 0.767. The molecule has 1 aliphatic rings. The topological polar surface area (TPSA) is 105 Å². The van der Waals surface area contributed by atoms with Crippen LogP contribution >= 0.6 is 0 Å². The molecule has 142 valence electrons. The minimum absolute atomic E-state index is 0.0552. The van der Waals surface area contributed by atoms with Crippen molar-refractivity contribution in [1.82, 2.24) is 14.1 Å². The van der Waals surface area contributed by atoms with Gasteiger partial charge in [-0.25, -0.2) is 13.1 Å². The molecule has 0 N–H and O–H groups in total. The summed E-state index contributed by atoms with van der Waals surface area (Å²) >= 11 is 0. The molecular formula is C18H20N4O4S. The second kappa shape index (κ2) is 7.60. The number of morpholine rings is 1. The van der Waals surface area contributed by atoms with Crippen LogP contribution in [-0.2, 0) is 21.3 Å². The van der Waals surface area contributed by atoms with E-state index in [0.717, 1.165) is 0 Å². The van der Waals surface area contributed by atoms with Crippen LogP contribution in [-0.4, -0.2) is 48.8 Å². The lowest BCUT2D eigenvalue weighted by molar-refractivity contribution is 0.0730. The Morgan fingerprint density at radius 2 is 1.96 bits per heavy atom. The van der Waals surface area contributed by atoms with Gasteiger partial charge in [0, 0.05) is 13.1 Å². The van der Waals surface area contributed by atoms with Crippen LogP contribution in [0.4, 0.5) is 0 Å². The van der Waals surface area contributed by atoms with E-state index in [9.17, 15) is 18.5 Å². The van der Waals surface area contributed by atoms with Crippen LogP contribution in [0, 0.1) is 25.2 Å². The van der Waals surface area contributed by atoms with Gasteiger partial charge in [0.1, 0.15) is 11.6 Å². The van der Waals surface area contributed by atoms with E-state index in [4.69, 9.17) is 4.74 Å². The van der Waals surface area contributed by atoms with Crippen LogP contribution in [0.15, 0.2) is 34.0 Å². The maximum Gasteiger partial charge on any atom is 0.285 e. The van der Waals surface area contributed by atoms with Crippen molar-refractivity contribution in [3.63, 3.8) is 0 Å². The van der Waals surface area contributed by atoms with Crippen molar-refractivity contribution in [2.75, 3.05) is 26.3 Å². The Morgan fingerprint density at radius 3 is 2.63 bits per heavy atom. The van der Waals surface area contributed by atoms with E-state index in [0.29, 0.717) is 43.1 Å². The SMILES string of the molecule is Cc1nn(Cc2cccc(S(=O)(=O)N3CCOCC3)c2)c(=O)c(C#N)c1C. The fraction of sp³-hybridized carbons (Fsp3) is 0.389. The summed E-state index contributed by atoms with van der Waals surface area (Å²) in [5.41, 5.74) is 1.33. The number of ether oxygens (including phenoxy) is 1. The van der Waals surface area contributed by atoms with Crippen molar-refractivity contribution in [3.05, 3.63) is 57.0 Å². The minimum atomic E-state index is -3.62. The number of nitrogens with zero attached hydrogens (tertiary/aromatic N) is 4. The van der Waals surface area contributed by atoms with E-state index < -0.39 is 15.6 Å². The van der Waals surface area contributed by atoms with Gasteiger partial charge >= 0.3 is 0 Å². The van der Waals surface area contributed by atoms with Crippen molar-refractivity contribution in [1.29, 1.82) is 5.26 Å². The zero-order chi connectivity index (χ0) is 19.6. The lowest BCUT2D eigenvalue weighted by Gasteiger charge is -2.26. The molecule has 0 atom stereocenters. The van der Waals surface area contributed by atoms with Crippen molar-refractivity contribution in [3.8, 4) is 6.07 Å². The van der Waals surface area contributed by atoms with Crippen LogP contribution < -0.4 is 5.56 Å². The van der Waals surface area contributed by atoms with Crippen LogP contribution in [0.1, 0.15) is 22.4 Å². The standard InChI is InChI=1S/C18H20N4O4S/c1-13-14(2)20-22(18(23)17(13)11-19)12-15-4-3-5-16(10-15)27(24,25)21-6-8-26-9-7-21/h3-5,10H,6-9,12H2,1-2H3. The highest BCUT2D eigenvalue weighted by atomic mass is 32.2. The predicted molar refractivity (Wildman–Crippen MR) is 97.8 cm³/mol. The molecule has 0 radical (unpaired) electrons. The summed E-state index contributed by atoms with van der Waals surface area (Å²) in [7, 11) is -3.62. The van der Waals surface area contributed by atoms with Gasteiger partial charge in [-0.1, -0.05) is 12.1 Å². The van der Waals surface area contributed by atoms with Crippen LogP contribution in [0.25, 0.3) is 0 Å². The lowest BCUT2D eigenvalue weighted by atomic mass is 10.1. The Morgan fingerprint density at radius 1 is 1.26 bits per heavy atom. The van der Waals surface area contributed by atoms with Gasteiger partial charge in [-0.3, -0.25) is 4.79 Å². The van der Waals surface area contributed by atoms with Crippen molar-refractivity contribution in [2.24, 2.45) is 0 Å². The van der Waals surface area contributed by atoms with E-state index in [1.165, 1.54) is 15.1 Å². The number of rotatable bonds is 4. The highest BCUT2D eigenvalue weighted by molar-refractivity contribution is 7.89. The van der Waals surface area contributed by atoms with Crippen LogP contribution in [0.5, 0.6) is 0 Å². The van der Waals surface area contributed by atoms with E-state index in [1.807, 2.05) is 6.07 Å². The molecule has 0 spiro atoms. The molecule has 27 heavy (non-hydrogen) atoms. The van der Waals surface area contributed by atoms with E-state index in [1.54, 1.807) is 32.0 Å². The first-order valence-corrected chi connectivity index (χ1v) is 9.94. The Kier molecular flexibility index (Phi) is 5.41. The molecule has 0 unspecified atom stereocenters. The third-order valence-electron chi connectivity index (χ3n) is 4.59. The highest BCUT2D eigenvalue weighted by Crippen LogP contribution is 2.18. The van der Waals surface area contributed by atoms with Gasteiger partial charge in [0.2, 0.25) is 10.0 Å². The average molecular weight is 388 g/mol. The first-order valence-electron chi connectivity index (χ1n) is 8.50. The number of aromatic nitrogens is 2. The molecule has 0 amide bonds. The molecule has 9 heteroatoms. The zero-order valence-corrected chi connectivity index (χ0v) is 16.0. The minimum Gasteiger partial charge on any atom is -0.379 e. The molecular weight excluding hydrogens is 368 g/mol. The first-order chi connectivity index (χ1) is 12.8. The van der Waals surface area contributed by atoms with Gasteiger partial charge in [-0.15, -0.1) is 0 Å². The van der Waals surface area contributed by atoms with Crippen LogP contribution in [0.3, 0.4) is 0 Å². The van der Waals surface area contributed by atoms with E-state index >= 15 is 0 Å². The van der Waals surface area contributed by atoms with Gasteiger partial charge in [-0.05, 0) is 37.1 Å². The lowest BCUT2D eigenvalue weighted by Crippen LogP contribution is -2.40. The smallest absolute Gasteiger partial charge is 0.285 e. The summed E-state index contributed by atoms with van der Waals surface area (Å²) in [6.07, 6.45) is 0. The maximum atomic E-state index is 12.8. The van der Waals surface area contributed by atoms with E-state index in [2.05, 4.69) is 5.10 Å². The number of hydrogen-bond acceptors (Lipinski definition) is 6. The number of hydrogen-bond donors (Lipinski definition) is 0. The maximum absolute atomic E-state index is 12.8. The van der Waals surface area contributed by atoms with Crippen LogP contribution in [0.2, 0.25) is 0 Å². The molecule has 1 aromatic carbocycles. The summed E-state index contributed by atoms with van der Waals surface area (Å²) in [6, 6.07) is 8.37. The Balaban J connectivity index is 1.95. The van der Waals surface area contributed by atoms with Crippen molar-refractivity contribution in [2.45, 2.75) is 25.3 Å². The molecule has 2 heterocycles. The summed E-state index contributed by atoms with van der Waals surface area (Å²) < 4.78 is 33.4. The average Bonchev–Trinajstić information content (AvgIpc) is 2.67. The molecule has 8 nitrogen and oxygen atoms in total. The fourth-order valence-corrected chi connectivity index (χ4v) is 4.40. The van der Waals surface area contributed by atoms with Gasteiger partial charge < -0.3 is 4.74 Å². The molecule has 2 aromatic rings. The highest BCUT2D eigenvalue weighted by Gasteiger charge is 2.26. The molecule has 3 rings (SSSR count). The number of nitriles is 1. The molecule has 0 aliphatic carbocycles. The van der Waals surface area contributed by atoms with Gasteiger partial charge in [0.05, 0.1) is 30.3 Å². The number of aryl methyl sites for hydroxylation is 1. The second-order valence-electron chi connectivity index (χ2n) is 6.32. The van der Waals surface area contributed by atoms with Crippen molar-refractivity contribution >= 4 is 10.0 Å². The molecule has 1 aromatic heterocycles. The number of sulfonamides is 1. The Bertz CT molecular complexity index is 1060. The largest absolute Gasteiger partial charge is 0.379 e. The first kappa shape index (κ1) is 19.2. The zero-order valence-electron chi connectivity index (χ0n) is 15.2. The van der Waals surface area contributed by atoms with E-state index in [-0.39, 0.29) is 17.0 Å². The summed E-state index contributed by atoms with van der Waals surface area (Å²) in [4.78, 5) is 12.6. The Hall–Kier alpha value is -2.54. The van der Waals surface area contributed by atoms with Crippen molar-refractivity contribution < 1.29 is 13.2 Å². The van der Waals surface area contributed by atoms with Gasteiger partial charge in [-0.2, -0.15) is 14.7 Å². The molecule has 1 saturated heterocycles. The van der Waals surface area contributed by atoms with Gasteiger partial charge in [0.25, 0.3) is 5.56 Å². The summed E-state index contributed by atoms with van der Waals surface area (Å²) in [5.74, 6) is 0. The monoisotopic (exact) mass is 388 g/mol. The summed E-state index contributed by atoms with van der Waals surface area (Å²) in [6.45, 7) is 4.87. The Labute approximate surface area is 157 Å². The molecule has 1 aliphatic heterocycles. The number of benzene rings is 1. The second-order valence-corrected chi connectivity index (χ2v) is 8.26.